The van der Waals surface area contributed by atoms with E-state index in [1.165, 1.54) is 0 Å². The first-order chi connectivity index (χ1) is 12.9. The molecule has 2 unspecified atom stereocenters. The van der Waals surface area contributed by atoms with Gasteiger partial charge in [0.1, 0.15) is 0 Å². The van der Waals surface area contributed by atoms with Crippen LogP contribution in [0.1, 0.15) is 34.1 Å². The molecule has 1 saturated heterocycles. The molecule has 1 amide bonds. The molecule has 2 rings (SSSR count). The SMILES string of the molecule is CC(C)CCOC(C)C(=O)OC(C)C(=O)N1CCN(c2ncccn2)CC1. The lowest BCUT2D eigenvalue weighted by molar-refractivity contribution is -0.168. The van der Waals surface area contributed by atoms with Crippen molar-refractivity contribution in [3.05, 3.63) is 18.5 Å². The Bertz CT molecular complexity index is 603. The number of anilines is 1. The summed E-state index contributed by atoms with van der Waals surface area (Å²) in [6, 6.07) is 1.77. The zero-order chi connectivity index (χ0) is 19.8. The average molecular weight is 378 g/mol. The molecular formula is C19H30N4O4. The number of aromatic nitrogens is 2. The van der Waals surface area contributed by atoms with E-state index >= 15 is 0 Å². The molecule has 0 spiro atoms. The van der Waals surface area contributed by atoms with Crippen LogP contribution in [-0.2, 0) is 19.1 Å². The van der Waals surface area contributed by atoms with Crippen molar-refractivity contribution in [1.29, 1.82) is 0 Å². The molecule has 1 aromatic rings. The van der Waals surface area contributed by atoms with E-state index in [2.05, 4.69) is 23.8 Å². The Labute approximate surface area is 160 Å². The van der Waals surface area contributed by atoms with E-state index in [1.54, 1.807) is 37.2 Å². The minimum atomic E-state index is -0.826. The first-order valence-electron chi connectivity index (χ1n) is 9.51. The van der Waals surface area contributed by atoms with Gasteiger partial charge in [-0.2, -0.15) is 0 Å². The predicted molar refractivity (Wildman–Crippen MR) is 101 cm³/mol. The number of nitrogens with zero attached hydrogens (tertiary/aromatic N) is 4. The molecule has 8 nitrogen and oxygen atoms in total. The smallest absolute Gasteiger partial charge is 0.335 e. The fourth-order valence-corrected chi connectivity index (χ4v) is 2.71. The predicted octanol–water partition coefficient (Wildman–Crippen LogP) is 1.51. The fraction of sp³-hybridized carbons (Fsp3) is 0.684. The summed E-state index contributed by atoms with van der Waals surface area (Å²) in [7, 11) is 0. The summed E-state index contributed by atoms with van der Waals surface area (Å²) >= 11 is 0. The van der Waals surface area contributed by atoms with Crippen LogP contribution in [0.3, 0.4) is 0 Å². The van der Waals surface area contributed by atoms with Gasteiger partial charge in [-0.25, -0.2) is 14.8 Å². The maximum Gasteiger partial charge on any atom is 0.335 e. The summed E-state index contributed by atoms with van der Waals surface area (Å²) < 4.78 is 10.8. The summed E-state index contributed by atoms with van der Waals surface area (Å²) in [4.78, 5) is 36.9. The Morgan fingerprint density at radius 2 is 1.67 bits per heavy atom. The molecule has 1 aliphatic heterocycles. The van der Waals surface area contributed by atoms with Crippen LogP contribution in [0, 0.1) is 5.92 Å². The van der Waals surface area contributed by atoms with Gasteiger partial charge in [0, 0.05) is 45.2 Å². The highest BCUT2D eigenvalue weighted by molar-refractivity contribution is 5.84. The fourth-order valence-electron chi connectivity index (χ4n) is 2.71. The van der Waals surface area contributed by atoms with Crippen molar-refractivity contribution in [3.63, 3.8) is 0 Å². The Hall–Kier alpha value is -2.22. The van der Waals surface area contributed by atoms with Crippen LogP contribution in [0.15, 0.2) is 18.5 Å². The molecule has 2 heterocycles. The van der Waals surface area contributed by atoms with Gasteiger partial charge in [0.2, 0.25) is 5.95 Å². The first kappa shape index (κ1) is 21.1. The summed E-state index contributed by atoms with van der Waals surface area (Å²) in [6.45, 7) is 10.3. The molecule has 0 radical (unpaired) electrons. The summed E-state index contributed by atoms with van der Waals surface area (Å²) in [6.07, 6.45) is 2.78. The van der Waals surface area contributed by atoms with Crippen LogP contribution >= 0.6 is 0 Å². The maximum absolute atomic E-state index is 12.6. The van der Waals surface area contributed by atoms with Crippen LogP contribution in [0.4, 0.5) is 5.95 Å². The van der Waals surface area contributed by atoms with Gasteiger partial charge < -0.3 is 19.3 Å². The highest BCUT2D eigenvalue weighted by atomic mass is 16.6. The molecule has 1 aliphatic rings. The van der Waals surface area contributed by atoms with E-state index in [-0.39, 0.29) is 5.91 Å². The van der Waals surface area contributed by atoms with E-state index in [4.69, 9.17) is 9.47 Å². The van der Waals surface area contributed by atoms with Gasteiger partial charge in [-0.3, -0.25) is 4.79 Å². The monoisotopic (exact) mass is 378 g/mol. The van der Waals surface area contributed by atoms with Crippen molar-refractivity contribution in [2.75, 3.05) is 37.7 Å². The van der Waals surface area contributed by atoms with E-state index in [0.717, 1.165) is 6.42 Å². The lowest BCUT2D eigenvalue weighted by Crippen LogP contribution is -2.52. The van der Waals surface area contributed by atoms with Crippen molar-refractivity contribution in [3.8, 4) is 0 Å². The second kappa shape index (κ2) is 10.2. The van der Waals surface area contributed by atoms with Gasteiger partial charge in [-0.05, 0) is 32.3 Å². The standard InChI is InChI=1S/C19H30N4O4/c1-14(2)6-13-26-16(4)18(25)27-15(3)17(24)22-9-11-23(12-10-22)19-20-7-5-8-21-19/h5,7-8,14-16H,6,9-13H2,1-4H3. The van der Waals surface area contributed by atoms with Gasteiger partial charge in [-0.15, -0.1) is 0 Å². The van der Waals surface area contributed by atoms with Crippen LogP contribution in [0.25, 0.3) is 0 Å². The number of ether oxygens (including phenoxy) is 2. The van der Waals surface area contributed by atoms with E-state index < -0.39 is 18.2 Å². The number of amides is 1. The summed E-state index contributed by atoms with van der Waals surface area (Å²) in [5.74, 6) is 0.479. The number of carbonyl (C=O) groups is 2. The van der Waals surface area contributed by atoms with Crippen molar-refractivity contribution in [1.82, 2.24) is 14.9 Å². The minimum absolute atomic E-state index is 0.189. The molecule has 0 aliphatic carbocycles. The molecule has 150 valence electrons. The molecule has 0 saturated carbocycles. The molecule has 2 atom stereocenters. The van der Waals surface area contributed by atoms with Gasteiger partial charge in [0.05, 0.1) is 0 Å². The lowest BCUT2D eigenvalue weighted by atomic mass is 10.1. The Kier molecular flexibility index (Phi) is 7.97. The third-order valence-corrected chi connectivity index (χ3v) is 4.46. The Balaban J connectivity index is 1.76. The third-order valence-electron chi connectivity index (χ3n) is 4.46. The number of esters is 1. The number of piperazine rings is 1. The maximum atomic E-state index is 12.6. The molecule has 0 aromatic carbocycles. The molecule has 0 N–H and O–H groups in total. The molecule has 1 aromatic heterocycles. The van der Waals surface area contributed by atoms with Crippen LogP contribution in [0.2, 0.25) is 0 Å². The van der Waals surface area contributed by atoms with E-state index in [0.29, 0.717) is 44.7 Å². The minimum Gasteiger partial charge on any atom is -0.451 e. The van der Waals surface area contributed by atoms with Crippen molar-refractivity contribution < 1.29 is 19.1 Å². The number of carbonyl (C=O) groups excluding carboxylic acids is 2. The van der Waals surface area contributed by atoms with Gasteiger partial charge in [-0.1, -0.05) is 13.8 Å². The molecule has 8 heteroatoms. The summed E-state index contributed by atoms with van der Waals surface area (Å²) in [5, 5.41) is 0. The topological polar surface area (TPSA) is 84.9 Å². The van der Waals surface area contributed by atoms with Crippen molar-refractivity contribution >= 4 is 17.8 Å². The zero-order valence-electron chi connectivity index (χ0n) is 16.6. The number of rotatable bonds is 8. The largest absolute Gasteiger partial charge is 0.451 e. The highest BCUT2D eigenvalue weighted by Gasteiger charge is 2.29. The molecule has 27 heavy (non-hydrogen) atoms. The zero-order valence-corrected chi connectivity index (χ0v) is 16.6. The number of hydrogen-bond acceptors (Lipinski definition) is 7. The first-order valence-corrected chi connectivity index (χ1v) is 9.51. The molecule has 1 fully saturated rings. The molecule has 0 bridgehead atoms. The normalized spacial score (nSPS) is 16.9. The third kappa shape index (κ3) is 6.46. The quantitative estimate of drug-likeness (QED) is 0.634. The van der Waals surface area contributed by atoms with Gasteiger partial charge >= 0.3 is 5.97 Å². The average Bonchev–Trinajstić information content (AvgIpc) is 2.67. The highest BCUT2D eigenvalue weighted by Crippen LogP contribution is 2.12. The van der Waals surface area contributed by atoms with E-state index in [9.17, 15) is 9.59 Å². The summed E-state index contributed by atoms with van der Waals surface area (Å²) in [5.41, 5.74) is 0. The number of hydrogen-bond donors (Lipinski definition) is 0. The van der Waals surface area contributed by atoms with Crippen LogP contribution in [0.5, 0.6) is 0 Å². The van der Waals surface area contributed by atoms with Crippen LogP contribution < -0.4 is 4.90 Å². The Morgan fingerprint density at radius 3 is 2.26 bits per heavy atom. The second-order valence-electron chi connectivity index (χ2n) is 7.14. The van der Waals surface area contributed by atoms with Crippen molar-refractivity contribution in [2.24, 2.45) is 5.92 Å². The molecular weight excluding hydrogens is 348 g/mol. The second-order valence-corrected chi connectivity index (χ2v) is 7.14. The Morgan fingerprint density at radius 1 is 1.04 bits per heavy atom. The van der Waals surface area contributed by atoms with E-state index in [1.807, 2.05) is 4.90 Å². The lowest BCUT2D eigenvalue weighted by Gasteiger charge is -2.35. The van der Waals surface area contributed by atoms with Gasteiger partial charge in [0.25, 0.3) is 5.91 Å². The van der Waals surface area contributed by atoms with Crippen LogP contribution in [-0.4, -0.2) is 71.7 Å². The van der Waals surface area contributed by atoms with Crippen molar-refractivity contribution in [2.45, 2.75) is 46.3 Å². The van der Waals surface area contributed by atoms with Gasteiger partial charge in [0.15, 0.2) is 12.2 Å².